The molecule has 0 saturated heterocycles. The van der Waals surface area contributed by atoms with Crippen molar-refractivity contribution in [3.8, 4) is 0 Å². The summed E-state index contributed by atoms with van der Waals surface area (Å²) in [5.41, 5.74) is 2.70. The Morgan fingerprint density at radius 1 is 0.964 bits per heavy atom. The molecule has 0 saturated carbocycles. The molecule has 2 amide bonds. The van der Waals surface area contributed by atoms with E-state index in [9.17, 15) is 14.4 Å². The second kappa shape index (κ2) is 10.9. The van der Waals surface area contributed by atoms with Crippen LogP contribution < -0.4 is 10.6 Å². The first-order valence-electron chi connectivity index (χ1n) is 9.34. The number of amides is 2. The van der Waals surface area contributed by atoms with E-state index in [0.29, 0.717) is 11.6 Å². The van der Waals surface area contributed by atoms with Gasteiger partial charge in [0.05, 0.1) is 6.42 Å². The van der Waals surface area contributed by atoms with Gasteiger partial charge in [-0.25, -0.2) is 0 Å². The van der Waals surface area contributed by atoms with Crippen molar-refractivity contribution in [3.05, 3.63) is 65.7 Å². The minimum Gasteiger partial charge on any atom is -0.454 e. The largest absolute Gasteiger partial charge is 0.454 e. The van der Waals surface area contributed by atoms with Gasteiger partial charge in [-0.05, 0) is 35.6 Å². The van der Waals surface area contributed by atoms with Crippen molar-refractivity contribution in [3.63, 3.8) is 0 Å². The van der Waals surface area contributed by atoms with Crippen molar-refractivity contribution in [1.29, 1.82) is 0 Å². The fourth-order valence-corrected chi connectivity index (χ4v) is 2.54. The molecule has 2 rings (SSSR count). The number of rotatable bonds is 9. The fourth-order valence-electron chi connectivity index (χ4n) is 2.54. The predicted octanol–water partition coefficient (Wildman–Crippen LogP) is 3.04. The van der Waals surface area contributed by atoms with Crippen LogP contribution in [0.2, 0.25) is 0 Å². The number of ether oxygens (including phenoxy) is 1. The zero-order chi connectivity index (χ0) is 20.4. The molecule has 0 spiro atoms. The monoisotopic (exact) mass is 382 g/mol. The van der Waals surface area contributed by atoms with Gasteiger partial charge in [-0.3, -0.25) is 14.4 Å². The highest BCUT2D eigenvalue weighted by molar-refractivity contribution is 5.93. The van der Waals surface area contributed by atoms with Crippen molar-refractivity contribution in [2.75, 3.05) is 18.5 Å². The molecule has 2 aromatic carbocycles. The highest BCUT2D eigenvalue weighted by Gasteiger charge is 2.10. The van der Waals surface area contributed by atoms with Crippen LogP contribution in [0.1, 0.15) is 37.3 Å². The van der Waals surface area contributed by atoms with Gasteiger partial charge in [-0.15, -0.1) is 0 Å². The van der Waals surface area contributed by atoms with Gasteiger partial charge >= 0.3 is 5.97 Å². The molecule has 0 aromatic heterocycles. The minimum atomic E-state index is -0.663. The number of carbonyl (C=O) groups excluding carboxylic acids is 3. The molecule has 0 aliphatic carbocycles. The normalized spacial score (nSPS) is 11.4. The van der Waals surface area contributed by atoms with Gasteiger partial charge in [-0.2, -0.15) is 0 Å². The second-order valence-electron chi connectivity index (χ2n) is 6.58. The number of hydrogen-bond acceptors (Lipinski definition) is 4. The Kier molecular flexibility index (Phi) is 8.21. The summed E-state index contributed by atoms with van der Waals surface area (Å²) in [6.45, 7) is 3.59. The van der Waals surface area contributed by atoms with E-state index < -0.39 is 18.5 Å². The predicted molar refractivity (Wildman–Crippen MR) is 108 cm³/mol. The molecule has 0 fully saturated rings. The molecule has 0 heterocycles. The summed E-state index contributed by atoms with van der Waals surface area (Å²) in [4.78, 5) is 35.4. The molecule has 148 valence electrons. The Morgan fingerprint density at radius 2 is 1.64 bits per heavy atom. The number of carbonyl (C=O) groups is 3. The highest BCUT2D eigenvalue weighted by atomic mass is 16.5. The van der Waals surface area contributed by atoms with E-state index >= 15 is 0 Å². The maximum atomic E-state index is 11.9. The van der Waals surface area contributed by atoms with E-state index in [2.05, 4.69) is 24.5 Å². The van der Waals surface area contributed by atoms with Crippen molar-refractivity contribution in [1.82, 2.24) is 5.32 Å². The van der Waals surface area contributed by atoms with Gasteiger partial charge in [0.15, 0.2) is 6.61 Å². The number of hydrogen-bond donors (Lipinski definition) is 2. The van der Waals surface area contributed by atoms with Crippen molar-refractivity contribution in [2.45, 2.75) is 32.6 Å². The van der Waals surface area contributed by atoms with Crippen LogP contribution in [0.25, 0.3) is 0 Å². The molecule has 0 bridgehead atoms. The number of benzene rings is 2. The molecular formula is C22H26N2O4. The topological polar surface area (TPSA) is 84.5 Å². The van der Waals surface area contributed by atoms with E-state index in [4.69, 9.17) is 4.74 Å². The van der Waals surface area contributed by atoms with E-state index in [1.54, 1.807) is 0 Å². The van der Waals surface area contributed by atoms with E-state index in [0.717, 1.165) is 12.0 Å². The minimum absolute atomic E-state index is 0.182. The Morgan fingerprint density at radius 3 is 2.29 bits per heavy atom. The molecule has 0 radical (unpaired) electrons. The van der Waals surface area contributed by atoms with Gasteiger partial charge in [0.2, 0.25) is 5.91 Å². The first-order valence-corrected chi connectivity index (χ1v) is 9.34. The smallest absolute Gasteiger partial charge is 0.325 e. The van der Waals surface area contributed by atoms with E-state index in [-0.39, 0.29) is 18.9 Å². The molecule has 0 unspecified atom stereocenters. The van der Waals surface area contributed by atoms with E-state index in [1.807, 2.05) is 54.6 Å². The van der Waals surface area contributed by atoms with Gasteiger partial charge in [0, 0.05) is 5.69 Å². The van der Waals surface area contributed by atoms with Crippen LogP contribution in [0.4, 0.5) is 5.69 Å². The fraction of sp³-hybridized carbons (Fsp3) is 0.318. The van der Waals surface area contributed by atoms with Gasteiger partial charge < -0.3 is 15.4 Å². The molecule has 2 aromatic rings. The molecule has 6 nitrogen and oxygen atoms in total. The van der Waals surface area contributed by atoms with Crippen molar-refractivity contribution in [2.24, 2.45) is 0 Å². The summed E-state index contributed by atoms with van der Waals surface area (Å²) in [5, 5.41) is 5.16. The zero-order valence-electron chi connectivity index (χ0n) is 16.2. The summed E-state index contributed by atoms with van der Waals surface area (Å²) < 4.78 is 4.89. The quantitative estimate of drug-likeness (QED) is 0.653. The Labute approximate surface area is 165 Å². The SMILES string of the molecule is CC[C@H](C)c1ccc(NC(=O)COC(=O)CNC(=O)Cc2ccccc2)cc1. The summed E-state index contributed by atoms with van der Waals surface area (Å²) >= 11 is 0. The first-order chi connectivity index (χ1) is 13.5. The molecule has 1 atom stereocenters. The van der Waals surface area contributed by atoms with Crippen LogP contribution in [-0.2, 0) is 25.5 Å². The van der Waals surface area contributed by atoms with Crippen LogP contribution in [0.3, 0.4) is 0 Å². The van der Waals surface area contributed by atoms with Crippen LogP contribution in [0.15, 0.2) is 54.6 Å². The molecule has 6 heteroatoms. The van der Waals surface area contributed by atoms with E-state index in [1.165, 1.54) is 5.56 Å². The lowest BCUT2D eigenvalue weighted by atomic mass is 9.99. The maximum absolute atomic E-state index is 11.9. The summed E-state index contributed by atoms with van der Waals surface area (Å²) in [6, 6.07) is 16.8. The van der Waals surface area contributed by atoms with Gasteiger partial charge in [0.1, 0.15) is 6.54 Å². The zero-order valence-corrected chi connectivity index (χ0v) is 16.2. The number of esters is 1. The summed E-state index contributed by atoms with van der Waals surface area (Å²) in [7, 11) is 0. The second-order valence-corrected chi connectivity index (χ2v) is 6.58. The molecule has 28 heavy (non-hydrogen) atoms. The van der Waals surface area contributed by atoms with Gasteiger partial charge in [0.25, 0.3) is 5.91 Å². The van der Waals surface area contributed by atoms with Crippen LogP contribution in [0.5, 0.6) is 0 Å². The number of anilines is 1. The van der Waals surface area contributed by atoms with Crippen LogP contribution in [-0.4, -0.2) is 30.9 Å². The van der Waals surface area contributed by atoms with Crippen LogP contribution in [0, 0.1) is 0 Å². The van der Waals surface area contributed by atoms with Crippen molar-refractivity contribution >= 4 is 23.5 Å². The van der Waals surface area contributed by atoms with Crippen molar-refractivity contribution < 1.29 is 19.1 Å². The average Bonchev–Trinajstić information content (AvgIpc) is 2.71. The Hall–Kier alpha value is -3.15. The highest BCUT2D eigenvalue weighted by Crippen LogP contribution is 2.20. The lowest BCUT2D eigenvalue weighted by Crippen LogP contribution is -2.33. The molecule has 0 aliphatic heterocycles. The third kappa shape index (κ3) is 7.23. The third-order valence-corrected chi connectivity index (χ3v) is 4.38. The summed E-state index contributed by atoms with van der Waals surface area (Å²) in [5.74, 6) is -0.916. The lowest BCUT2D eigenvalue weighted by Gasteiger charge is -2.11. The Bertz CT molecular complexity index is 788. The van der Waals surface area contributed by atoms with Gasteiger partial charge in [-0.1, -0.05) is 56.3 Å². The number of nitrogens with one attached hydrogen (secondary N) is 2. The maximum Gasteiger partial charge on any atom is 0.325 e. The standard InChI is InChI=1S/C22H26N2O4/c1-3-16(2)18-9-11-19(12-10-18)24-21(26)15-28-22(27)14-23-20(25)13-17-7-5-4-6-8-17/h4-12,16H,3,13-15H2,1-2H3,(H,23,25)(H,24,26)/t16-/m0/s1. The third-order valence-electron chi connectivity index (χ3n) is 4.38. The summed E-state index contributed by atoms with van der Waals surface area (Å²) in [6.07, 6.45) is 1.23. The molecular weight excluding hydrogens is 356 g/mol. The first kappa shape index (κ1) is 21.2. The lowest BCUT2D eigenvalue weighted by molar-refractivity contribution is -0.147. The molecule has 2 N–H and O–H groups in total. The van der Waals surface area contributed by atoms with Crippen LogP contribution >= 0.6 is 0 Å². The Balaban J connectivity index is 1.67. The molecule has 0 aliphatic rings. The average molecular weight is 382 g/mol.